The summed E-state index contributed by atoms with van der Waals surface area (Å²) in [5, 5.41) is 0. The first-order chi connectivity index (χ1) is 9.65. The second-order valence-corrected chi connectivity index (χ2v) is 5.20. The predicted octanol–water partition coefficient (Wildman–Crippen LogP) is 2.62. The van der Waals surface area contributed by atoms with Gasteiger partial charge in [-0.2, -0.15) is 0 Å². The highest BCUT2D eigenvalue weighted by Gasteiger charge is 2.20. The Labute approximate surface area is 120 Å². The summed E-state index contributed by atoms with van der Waals surface area (Å²) in [5.74, 6) is -0.330. The summed E-state index contributed by atoms with van der Waals surface area (Å²) in [5.41, 5.74) is 2.17. The zero-order chi connectivity index (χ0) is 14.4. The van der Waals surface area contributed by atoms with E-state index in [4.69, 9.17) is 14.2 Å². The molecule has 4 nitrogen and oxygen atoms in total. The number of carbonyl (C=O) groups excluding carboxylic acids is 1. The Kier molecular flexibility index (Phi) is 5.56. The minimum Gasteiger partial charge on any atom is -0.459 e. The normalized spacial score (nSPS) is 19.8. The van der Waals surface area contributed by atoms with Crippen molar-refractivity contribution in [3.63, 3.8) is 0 Å². The van der Waals surface area contributed by atoms with E-state index in [0.29, 0.717) is 6.61 Å². The summed E-state index contributed by atoms with van der Waals surface area (Å²) in [4.78, 5) is 11.8. The van der Waals surface area contributed by atoms with Crippen molar-refractivity contribution in [3.05, 3.63) is 35.4 Å². The molecule has 110 valence electrons. The Morgan fingerprint density at radius 1 is 1.40 bits per heavy atom. The lowest BCUT2D eigenvalue weighted by Gasteiger charge is -2.15. The predicted molar refractivity (Wildman–Crippen MR) is 75.4 cm³/mol. The van der Waals surface area contributed by atoms with E-state index in [-0.39, 0.29) is 18.7 Å². The van der Waals surface area contributed by atoms with Crippen LogP contribution < -0.4 is 0 Å². The zero-order valence-corrected chi connectivity index (χ0v) is 12.1. The van der Waals surface area contributed by atoms with E-state index < -0.39 is 6.10 Å². The largest absolute Gasteiger partial charge is 0.459 e. The molecule has 1 fully saturated rings. The number of hydrogen-bond acceptors (Lipinski definition) is 4. The highest BCUT2D eigenvalue weighted by molar-refractivity contribution is 5.74. The van der Waals surface area contributed by atoms with Crippen LogP contribution in [0.15, 0.2) is 24.3 Å². The molecule has 1 aromatic carbocycles. The quantitative estimate of drug-likeness (QED) is 0.750. The van der Waals surface area contributed by atoms with Crippen LogP contribution in [0.2, 0.25) is 0 Å². The maximum absolute atomic E-state index is 11.8. The lowest BCUT2D eigenvalue weighted by atomic mass is 10.2. The van der Waals surface area contributed by atoms with Crippen LogP contribution in [0.25, 0.3) is 0 Å². The molecule has 0 aromatic heterocycles. The first kappa shape index (κ1) is 15.0. The fourth-order valence-electron chi connectivity index (χ4n) is 2.05. The molecule has 4 heteroatoms. The molecule has 1 heterocycles. The maximum atomic E-state index is 11.8. The van der Waals surface area contributed by atoms with Crippen molar-refractivity contribution in [2.75, 3.05) is 13.2 Å². The van der Waals surface area contributed by atoms with Gasteiger partial charge in [0.2, 0.25) is 0 Å². The van der Waals surface area contributed by atoms with Gasteiger partial charge in [0.15, 0.2) is 6.10 Å². The van der Waals surface area contributed by atoms with E-state index in [1.54, 1.807) is 6.92 Å². The van der Waals surface area contributed by atoms with E-state index in [2.05, 4.69) is 0 Å². The highest BCUT2D eigenvalue weighted by atomic mass is 16.6. The molecule has 20 heavy (non-hydrogen) atoms. The topological polar surface area (TPSA) is 44.8 Å². The lowest BCUT2D eigenvalue weighted by molar-refractivity contribution is -0.159. The molecule has 0 spiro atoms. The molecular formula is C16H22O4. The van der Waals surface area contributed by atoms with E-state index in [1.807, 2.05) is 31.2 Å². The van der Waals surface area contributed by atoms with Gasteiger partial charge in [0.25, 0.3) is 0 Å². The Hall–Kier alpha value is -1.39. The SMILES string of the molecule is Cc1ccc(COC(=O)C(C)OCC2CCCO2)cc1. The minimum absolute atomic E-state index is 0.127. The zero-order valence-electron chi connectivity index (χ0n) is 12.1. The van der Waals surface area contributed by atoms with Crippen LogP contribution in [0.4, 0.5) is 0 Å². The third-order valence-electron chi connectivity index (χ3n) is 3.39. The molecule has 2 atom stereocenters. The first-order valence-electron chi connectivity index (χ1n) is 7.10. The number of rotatable bonds is 6. The second kappa shape index (κ2) is 7.41. The number of carbonyl (C=O) groups is 1. The molecular weight excluding hydrogens is 256 g/mol. The molecule has 2 unspecified atom stereocenters. The highest BCUT2D eigenvalue weighted by Crippen LogP contribution is 2.13. The average Bonchev–Trinajstić information content (AvgIpc) is 2.97. The maximum Gasteiger partial charge on any atom is 0.335 e. The van der Waals surface area contributed by atoms with E-state index in [1.165, 1.54) is 5.56 Å². The Morgan fingerprint density at radius 3 is 2.80 bits per heavy atom. The average molecular weight is 278 g/mol. The molecule has 0 aliphatic carbocycles. The number of aryl methyl sites for hydroxylation is 1. The van der Waals surface area contributed by atoms with Crippen molar-refractivity contribution in [2.45, 2.75) is 45.5 Å². The number of benzene rings is 1. The molecule has 1 aliphatic rings. The smallest absolute Gasteiger partial charge is 0.335 e. The van der Waals surface area contributed by atoms with E-state index >= 15 is 0 Å². The van der Waals surface area contributed by atoms with Crippen LogP contribution >= 0.6 is 0 Å². The molecule has 0 amide bonds. The standard InChI is InChI=1S/C16H22O4/c1-12-5-7-14(8-6-12)10-20-16(17)13(2)19-11-15-4-3-9-18-15/h5-8,13,15H,3-4,9-11H2,1-2H3. The van der Waals surface area contributed by atoms with Gasteiger partial charge in [-0.15, -0.1) is 0 Å². The summed E-state index contributed by atoms with van der Waals surface area (Å²) < 4.78 is 16.2. The summed E-state index contributed by atoms with van der Waals surface area (Å²) >= 11 is 0. The van der Waals surface area contributed by atoms with Gasteiger partial charge in [0.05, 0.1) is 12.7 Å². The van der Waals surface area contributed by atoms with Gasteiger partial charge < -0.3 is 14.2 Å². The van der Waals surface area contributed by atoms with Crippen LogP contribution in [0.5, 0.6) is 0 Å². The van der Waals surface area contributed by atoms with Crippen LogP contribution in [-0.2, 0) is 25.6 Å². The van der Waals surface area contributed by atoms with E-state index in [9.17, 15) is 4.79 Å². The van der Waals surface area contributed by atoms with Crippen molar-refractivity contribution >= 4 is 5.97 Å². The Morgan fingerprint density at radius 2 is 2.15 bits per heavy atom. The minimum atomic E-state index is -0.551. The fraction of sp³-hybridized carbons (Fsp3) is 0.562. The summed E-state index contributed by atoms with van der Waals surface area (Å²) in [6, 6.07) is 7.92. The van der Waals surface area contributed by atoms with Gasteiger partial charge in [-0.05, 0) is 32.3 Å². The van der Waals surface area contributed by atoms with Crippen molar-refractivity contribution in [3.8, 4) is 0 Å². The van der Waals surface area contributed by atoms with Crippen molar-refractivity contribution < 1.29 is 19.0 Å². The molecule has 0 radical (unpaired) electrons. The van der Waals surface area contributed by atoms with Crippen molar-refractivity contribution in [1.29, 1.82) is 0 Å². The monoisotopic (exact) mass is 278 g/mol. The van der Waals surface area contributed by atoms with Crippen LogP contribution in [0.1, 0.15) is 30.9 Å². The summed E-state index contributed by atoms with van der Waals surface area (Å²) in [7, 11) is 0. The fourth-order valence-corrected chi connectivity index (χ4v) is 2.05. The van der Waals surface area contributed by atoms with Crippen LogP contribution in [0, 0.1) is 6.92 Å². The summed E-state index contributed by atoms with van der Waals surface area (Å²) in [6.07, 6.45) is 1.65. The van der Waals surface area contributed by atoms with Crippen LogP contribution in [0.3, 0.4) is 0 Å². The van der Waals surface area contributed by atoms with Gasteiger partial charge in [-0.25, -0.2) is 4.79 Å². The van der Waals surface area contributed by atoms with Crippen molar-refractivity contribution in [1.82, 2.24) is 0 Å². The second-order valence-electron chi connectivity index (χ2n) is 5.20. The molecule has 0 saturated carbocycles. The van der Waals surface area contributed by atoms with Gasteiger partial charge in [0, 0.05) is 6.61 Å². The molecule has 1 aromatic rings. The molecule has 0 bridgehead atoms. The number of esters is 1. The van der Waals surface area contributed by atoms with Crippen LogP contribution in [-0.4, -0.2) is 31.4 Å². The Balaban J connectivity index is 1.69. The van der Waals surface area contributed by atoms with Gasteiger partial charge in [0.1, 0.15) is 6.61 Å². The Bertz CT molecular complexity index is 421. The van der Waals surface area contributed by atoms with Gasteiger partial charge in [-0.1, -0.05) is 29.8 Å². The lowest BCUT2D eigenvalue weighted by Crippen LogP contribution is -2.27. The van der Waals surface area contributed by atoms with E-state index in [0.717, 1.165) is 25.0 Å². The third-order valence-corrected chi connectivity index (χ3v) is 3.39. The van der Waals surface area contributed by atoms with Gasteiger partial charge >= 0.3 is 5.97 Å². The van der Waals surface area contributed by atoms with Crippen molar-refractivity contribution in [2.24, 2.45) is 0 Å². The number of ether oxygens (including phenoxy) is 3. The third kappa shape index (κ3) is 4.62. The molecule has 1 aliphatic heterocycles. The molecule has 2 rings (SSSR count). The van der Waals surface area contributed by atoms with Gasteiger partial charge in [-0.3, -0.25) is 0 Å². The molecule has 0 N–H and O–H groups in total. The molecule has 1 saturated heterocycles. The number of hydrogen-bond donors (Lipinski definition) is 0. The summed E-state index contributed by atoms with van der Waals surface area (Å²) in [6.45, 7) is 5.27. The first-order valence-corrected chi connectivity index (χ1v) is 7.10.